The summed E-state index contributed by atoms with van der Waals surface area (Å²) in [6.07, 6.45) is -5.18. The topological polar surface area (TPSA) is 72.2 Å². The van der Waals surface area contributed by atoms with Gasteiger partial charge in [0.05, 0.1) is 11.0 Å². The maximum atomic E-state index is 13.1. The number of benzene rings is 1. The van der Waals surface area contributed by atoms with Crippen LogP contribution in [0.4, 0.5) is 28.9 Å². The molecule has 18 heavy (non-hydrogen) atoms. The zero-order valence-corrected chi connectivity index (χ0v) is 8.84. The van der Waals surface area contributed by atoms with Crippen LogP contribution >= 0.6 is 0 Å². The highest BCUT2D eigenvalue weighted by atomic mass is 19.4. The average Bonchev–Trinajstić information content (AvgIpc) is 2.21. The van der Waals surface area contributed by atoms with Gasteiger partial charge >= 0.3 is 12.1 Å². The molecule has 0 bridgehead atoms. The molecule has 0 saturated heterocycles. The molecule has 1 aromatic carbocycles. The molecule has 5 nitrogen and oxygen atoms in total. The molecule has 9 heteroatoms. The lowest BCUT2D eigenvalue weighted by molar-refractivity contribution is -0.384. The van der Waals surface area contributed by atoms with Crippen LogP contribution in [0.25, 0.3) is 0 Å². The summed E-state index contributed by atoms with van der Waals surface area (Å²) in [5.41, 5.74) is -1.78. The minimum atomic E-state index is -5.18. The van der Waals surface area contributed by atoms with Gasteiger partial charge in [0, 0.05) is 0 Å². The second kappa shape index (κ2) is 4.59. The monoisotopic (exact) mass is 266 g/mol. The van der Waals surface area contributed by atoms with Crippen LogP contribution in [0.5, 0.6) is 0 Å². The standard InChI is InChI=1S/C9H6F4N2O3/c1-4-2-6(14-8(16)9(11,12)13)7(15(17)18)3-5(4)10/h2-3H,1H3,(H,14,16). The molecule has 0 aliphatic heterocycles. The first-order valence-electron chi connectivity index (χ1n) is 4.45. The highest BCUT2D eigenvalue weighted by molar-refractivity contribution is 5.96. The lowest BCUT2D eigenvalue weighted by atomic mass is 10.2. The van der Waals surface area contributed by atoms with Crippen LogP contribution in [0.3, 0.4) is 0 Å². The second-order valence-electron chi connectivity index (χ2n) is 3.33. The maximum absolute atomic E-state index is 13.1. The first kappa shape index (κ1) is 13.9. The first-order valence-corrected chi connectivity index (χ1v) is 4.45. The molecule has 0 atom stereocenters. The first-order chi connectivity index (χ1) is 8.12. The lowest BCUT2D eigenvalue weighted by Gasteiger charge is -2.09. The zero-order valence-electron chi connectivity index (χ0n) is 8.84. The van der Waals surface area contributed by atoms with Crippen molar-refractivity contribution in [3.8, 4) is 0 Å². The number of alkyl halides is 3. The van der Waals surface area contributed by atoms with Crippen LogP contribution in [0.15, 0.2) is 12.1 Å². The molecule has 1 rings (SSSR count). The highest BCUT2D eigenvalue weighted by Gasteiger charge is 2.39. The second-order valence-corrected chi connectivity index (χ2v) is 3.33. The van der Waals surface area contributed by atoms with Crippen molar-refractivity contribution >= 4 is 17.3 Å². The van der Waals surface area contributed by atoms with Crippen molar-refractivity contribution in [3.63, 3.8) is 0 Å². The molecule has 0 aromatic heterocycles. The predicted octanol–water partition coefficient (Wildman–Crippen LogP) is 2.54. The third-order valence-corrected chi connectivity index (χ3v) is 1.98. The number of aryl methyl sites for hydroxylation is 1. The quantitative estimate of drug-likeness (QED) is 0.508. The van der Waals surface area contributed by atoms with Gasteiger partial charge in [-0.3, -0.25) is 14.9 Å². The fraction of sp³-hybridized carbons (Fsp3) is 0.222. The van der Waals surface area contributed by atoms with E-state index >= 15 is 0 Å². The summed E-state index contributed by atoms with van der Waals surface area (Å²) >= 11 is 0. The van der Waals surface area contributed by atoms with E-state index in [1.54, 1.807) is 0 Å². The number of rotatable bonds is 2. The van der Waals surface area contributed by atoms with Crippen molar-refractivity contribution in [2.45, 2.75) is 13.1 Å². The molecule has 0 aliphatic carbocycles. The summed E-state index contributed by atoms with van der Waals surface area (Å²) in [6, 6.07) is 1.21. The molecule has 1 N–H and O–H groups in total. The molecular formula is C9H6F4N2O3. The summed E-state index contributed by atoms with van der Waals surface area (Å²) in [4.78, 5) is 20.1. The van der Waals surface area contributed by atoms with E-state index < -0.39 is 34.2 Å². The maximum Gasteiger partial charge on any atom is 0.471 e. The molecule has 1 aromatic rings. The summed E-state index contributed by atoms with van der Waals surface area (Å²) < 4.78 is 49.0. The van der Waals surface area contributed by atoms with Gasteiger partial charge in [-0.05, 0) is 18.6 Å². The lowest BCUT2D eigenvalue weighted by Crippen LogP contribution is -2.30. The predicted molar refractivity (Wildman–Crippen MR) is 52.5 cm³/mol. The van der Waals surface area contributed by atoms with Gasteiger partial charge in [-0.25, -0.2) is 4.39 Å². The van der Waals surface area contributed by atoms with Crippen LogP contribution in [0, 0.1) is 22.9 Å². The van der Waals surface area contributed by atoms with Gasteiger partial charge in [-0.15, -0.1) is 0 Å². The molecule has 0 radical (unpaired) electrons. The highest BCUT2D eigenvalue weighted by Crippen LogP contribution is 2.29. The van der Waals surface area contributed by atoms with Crippen LogP contribution < -0.4 is 5.32 Å². The van der Waals surface area contributed by atoms with Gasteiger partial charge in [0.1, 0.15) is 11.5 Å². The average molecular weight is 266 g/mol. The zero-order chi connectivity index (χ0) is 14.1. The fourth-order valence-corrected chi connectivity index (χ4v) is 1.12. The summed E-state index contributed by atoms with van der Waals surface area (Å²) in [5, 5.41) is 11.9. The number of amides is 1. The number of hydrogen-bond acceptors (Lipinski definition) is 3. The van der Waals surface area contributed by atoms with Crippen molar-refractivity contribution in [2.75, 3.05) is 5.32 Å². The normalized spacial score (nSPS) is 11.2. The number of anilines is 1. The molecule has 0 aliphatic rings. The van der Waals surface area contributed by atoms with Crippen molar-refractivity contribution in [2.24, 2.45) is 0 Å². The minimum absolute atomic E-state index is 0.127. The molecule has 0 saturated carbocycles. The van der Waals surface area contributed by atoms with Gasteiger partial charge in [0.15, 0.2) is 0 Å². The summed E-state index contributed by atoms with van der Waals surface area (Å²) in [6.45, 7) is 1.20. The van der Waals surface area contributed by atoms with Crippen molar-refractivity contribution in [1.29, 1.82) is 0 Å². The Bertz CT molecular complexity index is 513. The summed E-state index contributed by atoms with van der Waals surface area (Å²) in [5.74, 6) is -3.32. The van der Waals surface area contributed by atoms with E-state index in [0.717, 1.165) is 6.07 Å². The molecule has 0 heterocycles. The Morgan fingerprint density at radius 2 is 1.94 bits per heavy atom. The van der Waals surface area contributed by atoms with E-state index in [0.29, 0.717) is 6.07 Å². The Morgan fingerprint density at radius 3 is 2.39 bits per heavy atom. The van der Waals surface area contributed by atoms with Gasteiger partial charge < -0.3 is 5.32 Å². The van der Waals surface area contributed by atoms with Crippen molar-refractivity contribution in [1.82, 2.24) is 0 Å². The van der Waals surface area contributed by atoms with E-state index in [1.807, 2.05) is 0 Å². The molecule has 98 valence electrons. The van der Waals surface area contributed by atoms with Crippen LogP contribution in [0.2, 0.25) is 0 Å². The van der Waals surface area contributed by atoms with E-state index in [9.17, 15) is 32.5 Å². The van der Waals surface area contributed by atoms with Crippen LogP contribution in [0.1, 0.15) is 5.56 Å². The number of nitro groups is 1. The number of nitro benzene ring substituents is 1. The molecular weight excluding hydrogens is 260 g/mol. The molecule has 1 amide bonds. The Balaban J connectivity index is 3.20. The van der Waals surface area contributed by atoms with Crippen molar-refractivity contribution in [3.05, 3.63) is 33.6 Å². The van der Waals surface area contributed by atoms with Gasteiger partial charge in [-0.1, -0.05) is 0 Å². The van der Waals surface area contributed by atoms with E-state index in [4.69, 9.17) is 0 Å². The number of nitrogens with one attached hydrogen (secondary N) is 1. The van der Waals surface area contributed by atoms with Crippen molar-refractivity contribution < 1.29 is 27.3 Å². The summed E-state index contributed by atoms with van der Waals surface area (Å²) in [7, 11) is 0. The number of carbonyl (C=O) groups excluding carboxylic acids is 1. The number of halogens is 4. The third-order valence-electron chi connectivity index (χ3n) is 1.98. The van der Waals surface area contributed by atoms with E-state index in [2.05, 4.69) is 0 Å². The third kappa shape index (κ3) is 2.93. The number of nitrogens with zero attached hydrogens (tertiary/aromatic N) is 1. The van der Waals surface area contributed by atoms with Gasteiger partial charge in [-0.2, -0.15) is 13.2 Å². The molecule has 0 unspecified atom stereocenters. The smallest absolute Gasteiger partial charge is 0.312 e. The minimum Gasteiger partial charge on any atom is -0.312 e. The SMILES string of the molecule is Cc1cc(NC(=O)C(F)(F)F)c([N+](=O)[O-])cc1F. The van der Waals surface area contributed by atoms with E-state index in [1.165, 1.54) is 12.2 Å². The Kier molecular flexibility index (Phi) is 3.54. The number of hydrogen-bond donors (Lipinski definition) is 1. The number of carbonyl (C=O) groups is 1. The van der Waals surface area contributed by atoms with Gasteiger partial charge in [0.2, 0.25) is 0 Å². The Labute approximate surface area is 97.6 Å². The van der Waals surface area contributed by atoms with E-state index in [-0.39, 0.29) is 5.56 Å². The van der Waals surface area contributed by atoms with Gasteiger partial charge in [0.25, 0.3) is 5.69 Å². The fourth-order valence-electron chi connectivity index (χ4n) is 1.12. The molecule has 0 spiro atoms. The van der Waals surface area contributed by atoms with Crippen LogP contribution in [-0.2, 0) is 4.79 Å². The van der Waals surface area contributed by atoms with Crippen LogP contribution in [-0.4, -0.2) is 17.0 Å². The Morgan fingerprint density at radius 1 is 1.39 bits per heavy atom. The largest absolute Gasteiger partial charge is 0.471 e. The molecule has 0 fully saturated rings. The Hall–Kier alpha value is -2.19.